The molecule has 0 radical (unpaired) electrons. The van der Waals surface area contributed by atoms with Gasteiger partial charge in [0.05, 0.1) is 17.6 Å². The van der Waals surface area contributed by atoms with Gasteiger partial charge in [0.1, 0.15) is 0 Å². The minimum Gasteiger partial charge on any atom is -0.351 e. The van der Waals surface area contributed by atoms with E-state index in [-0.39, 0.29) is 11.6 Å². The van der Waals surface area contributed by atoms with Gasteiger partial charge in [-0.15, -0.1) is 0 Å². The topological polar surface area (TPSA) is 6.48 Å². The average Bonchev–Trinajstić information content (AvgIpc) is 3.91. The highest BCUT2D eigenvalue weighted by Crippen LogP contribution is 2.61. The maximum atomic E-state index is 2.74. The summed E-state index contributed by atoms with van der Waals surface area (Å²) in [5.41, 5.74) is 18.4. The molecule has 14 rings (SSSR count). The van der Waals surface area contributed by atoms with Gasteiger partial charge in [-0.25, -0.2) is 0 Å². The van der Waals surface area contributed by atoms with Crippen molar-refractivity contribution in [2.45, 2.75) is 62.6 Å². The normalized spacial score (nSPS) is 24.5. The first-order valence-electron chi connectivity index (χ1n) is 25.1. The van der Waals surface area contributed by atoms with Crippen LogP contribution in [0, 0.1) is 5.92 Å². The molecule has 8 aliphatic rings. The zero-order chi connectivity index (χ0) is 44.8. The van der Waals surface area contributed by atoms with E-state index in [0.29, 0.717) is 12.0 Å². The van der Waals surface area contributed by atoms with Crippen molar-refractivity contribution < 1.29 is 0 Å². The number of hydrogen-bond donors (Lipinski definition) is 0. The van der Waals surface area contributed by atoms with Gasteiger partial charge >= 0.3 is 0 Å². The summed E-state index contributed by atoms with van der Waals surface area (Å²) in [6.07, 6.45) is 34.9. The molecule has 0 saturated carbocycles. The first kappa shape index (κ1) is 39.9. The van der Waals surface area contributed by atoms with E-state index in [1.54, 1.807) is 10.8 Å². The molecular weight excluding hydrogens is 837 g/mol. The fourth-order valence-electron chi connectivity index (χ4n) is 13.7. The Morgan fingerprint density at radius 3 is 2.00 bits per heavy atom. The van der Waals surface area contributed by atoms with Gasteiger partial charge in [-0.2, -0.15) is 0 Å². The Balaban J connectivity index is 0.821. The largest absolute Gasteiger partial charge is 0.351 e. The van der Waals surface area contributed by atoms with Gasteiger partial charge in [0, 0.05) is 35.0 Å². The Hall–Kier alpha value is -7.20. The van der Waals surface area contributed by atoms with Crippen molar-refractivity contribution in [2.75, 3.05) is 0 Å². The maximum Gasteiger partial charge on any atom is 0.181 e. The predicted octanol–water partition coefficient (Wildman–Crippen LogP) is 12.3. The molecule has 4 unspecified atom stereocenters. The number of fused-ring (bicyclic) bond motifs is 6. The molecule has 0 bridgehead atoms. The van der Waals surface area contributed by atoms with Crippen LogP contribution in [-0.2, 0) is 5.54 Å². The van der Waals surface area contributed by atoms with E-state index < -0.39 is 8.07 Å². The quantitative estimate of drug-likeness (QED) is 0.140. The van der Waals surface area contributed by atoms with Crippen LogP contribution >= 0.6 is 0 Å². The maximum absolute atomic E-state index is 2.74. The molecule has 0 amide bonds. The predicted molar refractivity (Wildman–Crippen MR) is 285 cm³/mol. The van der Waals surface area contributed by atoms with E-state index in [4.69, 9.17) is 0 Å². The lowest BCUT2D eigenvalue weighted by Gasteiger charge is -2.66. The molecule has 3 heteroatoms. The minimum absolute atomic E-state index is 0.0368. The number of rotatable bonds is 8. The SMILES string of the molecule is C1=CC(C2CC3(c4ccccc4)C=C(c4ccccc4C4=CC5C6=C(C=CCC6)N(C6=CC=C(c7cccc8c7[Si](c7ccccc7)(c7ccccc7)c7ccccc7-8)CC6)C5C=C4)N23)=CCC1. The first-order chi connectivity index (χ1) is 33.7. The minimum atomic E-state index is -2.64. The van der Waals surface area contributed by atoms with Crippen LogP contribution < -0.4 is 20.7 Å². The second kappa shape index (κ2) is 15.7. The smallest absolute Gasteiger partial charge is 0.181 e. The molecule has 4 aliphatic heterocycles. The van der Waals surface area contributed by atoms with Gasteiger partial charge in [0.2, 0.25) is 0 Å². The third-order valence-corrected chi connectivity index (χ3v) is 21.6. The standard InChI is InChI=1S/C65H54N2Si/c1-5-20-46(21-6-1)61-43-65(48-22-7-2-8-23-48)44-62(67(61)65)54-29-14-13-28-52(54)47-38-41-60-58(42-47)55-30-15-17-34-59(55)66(60)49-39-36-45(37-40-49)53-32-19-33-57-56-31-16-18-35-63(56)68(64(53)57,50-24-9-3-10-25-50)51-26-11-4-12-27-51/h2-5,7-14,16-29,31-36,38-39,41-42,44,58,60-61H,1,6,15,30,37,40,43H2. The molecule has 1 saturated heterocycles. The Labute approximate surface area is 402 Å². The highest BCUT2D eigenvalue weighted by molar-refractivity contribution is 7.22. The fourth-order valence-corrected chi connectivity index (χ4v) is 19.2. The molecule has 68 heavy (non-hydrogen) atoms. The van der Waals surface area contributed by atoms with E-state index in [9.17, 15) is 0 Å². The van der Waals surface area contributed by atoms with Crippen molar-refractivity contribution in [3.63, 3.8) is 0 Å². The van der Waals surface area contributed by atoms with Crippen LogP contribution in [0.4, 0.5) is 0 Å². The highest BCUT2D eigenvalue weighted by Gasteiger charge is 2.59. The average molecular weight is 891 g/mol. The third-order valence-electron chi connectivity index (χ3n) is 16.7. The molecular formula is C65H54N2Si. The summed E-state index contributed by atoms with van der Waals surface area (Å²) < 4.78 is 0. The zero-order valence-corrected chi connectivity index (χ0v) is 39.4. The van der Waals surface area contributed by atoms with Crippen LogP contribution in [0.1, 0.15) is 67.2 Å². The van der Waals surface area contributed by atoms with E-state index in [2.05, 4.69) is 234 Å². The molecule has 6 aromatic rings. The number of nitrogens with zero attached hydrogens (tertiary/aromatic N) is 2. The summed E-state index contributed by atoms with van der Waals surface area (Å²) >= 11 is 0. The second-order valence-corrected chi connectivity index (χ2v) is 23.7. The van der Waals surface area contributed by atoms with Gasteiger partial charge in [0.15, 0.2) is 8.07 Å². The lowest BCUT2D eigenvalue weighted by Crippen LogP contribution is -2.73. The van der Waals surface area contributed by atoms with Crippen molar-refractivity contribution in [2.24, 2.45) is 5.92 Å². The van der Waals surface area contributed by atoms with Gasteiger partial charge in [-0.3, -0.25) is 0 Å². The van der Waals surface area contributed by atoms with E-state index in [1.807, 2.05) is 0 Å². The highest BCUT2D eigenvalue weighted by atomic mass is 28.3. The molecule has 1 fully saturated rings. The Morgan fingerprint density at radius 1 is 0.559 bits per heavy atom. The molecule has 4 heterocycles. The summed E-state index contributed by atoms with van der Waals surface area (Å²) in [5.74, 6) is 0.335. The van der Waals surface area contributed by atoms with Crippen molar-refractivity contribution in [1.82, 2.24) is 9.80 Å². The van der Waals surface area contributed by atoms with Crippen LogP contribution in [0.25, 0.3) is 28.0 Å². The van der Waals surface area contributed by atoms with Gasteiger partial charge in [0.25, 0.3) is 0 Å². The lowest BCUT2D eigenvalue weighted by molar-refractivity contribution is 0.00782. The van der Waals surface area contributed by atoms with Crippen LogP contribution in [0.15, 0.2) is 247 Å². The van der Waals surface area contributed by atoms with Crippen LogP contribution in [0.3, 0.4) is 0 Å². The Morgan fingerprint density at radius 2 is 1.25 bits per heavy atom. The van der Waals surface area contributed by atoms with Gasteiger partial charge < -0.3 is 9.80 Å². The van der Waals surface area contributed by atoms with E-state index in [0.717, 1.165) is 44.9 Å². The zero-order valence-electron chi connectivity index (χ0n) is 38.4. The molecule has 4 atom stereocenters. The van der Waals surface area contributed by atoms with Crippen molar-refractivity contribution in [3.8, 4) is 11.1 Å². The van der Waals surface area contributed by atoms with Gasteiger partial charge in [-0.05, 0) is 128 Å². The number of allylic oxidation sites excluding steroid dienone is 10. The Bertz CT molecular complexity index is 3300. The molecule has 328 valence electrons. The fraction of sp³-hybridized carbons (Fsp3) is 0.169. The third kappa shape index (κ3) is 5.75. The summed E-state index contributed by atoms with van der Waals surface area (Å²) in [4.78, 5) is 5.46. The molecule has 6 aromatic carbocycles. The Kier molecular flexibility index (Phi) is 9.21. The summed E-state index contributed by atoms with van der Waals surface area (Å²) in [7, 11) is -2.64. The van der Waals surface area contributed by atoms with Crippen molar-refractivity contribution in [3.05, 3.63) is 269 Å². The van der Waals surface area contributed by atoms with Crippen LogP contribution in [0.2, 0.25) is 0 Å². The second-order valence-electron chi connectivity index (χ2n) is 20.0. The molecule has 4 aliphatic carbocycles. The summed E-state index contributed by atoms with van der Waals surface area (Å²) in [5, 5.41) is 5.95. The van der Waals surface area contributed by atoms with E-state index in [1.165, 1.54) is 82.8 Å². The van der Waals surface area contributed by atoms with Crippen molar-refractivity contribution >= 4 is 45.7 Å². The van der Waals surface area contributed by atoms with Crippen LogP contribution in [0.5, 0.6) is 0 Å². The molecule has 2 nitrogen and oxygen atoms in total. The van der Waals surface area contributed by atoms with Gasteiger partial charge in [-0.1, -0.05) is 206 Å². The van der Waals surface area contributed by atoms with E-state index >= 15 is 0 Å². The first-order valence-corrected chi connectivity index (χ1v) is 27.1. The molecule has 0 N–H and O–H groups in total. The lowest BCUT2D eigenvalue weighted by atomic mass is 9.63. The monoisotopic (exact) mass is 890 g/mol. The number of hydrogen-bond acceptors (Lipinski definition) is 2. The summed E-state index contributed by atoms with van der Waals surface area (Å²) in [6.45, 7) is 0. The molecule has 0 aromatic heterocycles. The molecule has 0 spiro atoms. The summed E-state index contributed by atoms with van der Waals surface area (Å²) in [6, 6.07) is 60.4. The van der Waals surface area contributed by atoms with Crippen molar-refractivity contribution in [1.29, 1.82) is 0 Å². The van der Waals surface area contributed by atoms with Crippen LogP contribution in [-0.4, -0.2) is 30.0 Å². The number of benzene rings is 6.